The molecular formula is C16H21NS. The molecule has 1 heterocycles. The minimum Gasteiger partial charge on any atom is -0.306 e. The molecule has 1 aromatic carbocycles. The molecule has 0 saturated carbocycles. The summed E-state index contributed by atoms with van der Waals surface area (Å²) in [6.07, 6.45) is 2.26. The van der Waals surface area contributed by atoms with Crippen LogP contribution in [0.2, 0.25) is 0 Å². The van der Waals surface area contributed by atoms with Crippen molar-refractivity contribution in [2.24, 2.45) is 0 Å². The highest BCUT2D eigenvalue weighted by Crippen LogP contribution is 2.19. The van der Waals surface area contributed by atoms with E-state index in [4.69, 9.17) is 0 Å². The Morgan fingerprint density at radius 2 is 1.89 bits per heavy atom. The molecule has 0 spiro atoms. The zero-order valence-electron chi connectivity index (χ0n) is 11.1. The Hall–Kier alpha value is -1.12. The van der Waals surface area contributed by atoms with Crippen molar-refractivity contribution in [3.8, 4) is 0 Å². The third-order valence-electron chi connectivity index (χ3n) is 3.27. The molecule has 0 aliphatic rings. The van der Waals surface area contributed by atoms with E-state index in [0.29, 0.717) is 12.1 Å². The van der Waals surface area contributed by atoms with Crippen molar-refractivity contribution in [1.29, 1.82) is 0 Å². The van der Waals surface area contributed by atoms with Crippen LogP contribution in [0, 0.1) is 0 Å². The van der Waals surface area contributed by atoms with Crippen LogP contribution in [0.3, 0.4) is 0 Å². The lowest BCUT2D eigenvalue weighted by Gasteiger charge is -2.21. The lowest BCUT2D eigenvalue weighted by Crippen LogP contribution is -2.32. The van der Waals surface area contributed by atoms with Gasteiger partial charge in [0.15, 0.2) is 0 Å². The number of rotatable bonds is 6. The minimum atomic E-state index is 0.443. The van der Waals surface area contributed by atoms with Crippen LogP contribution in [0.1, 0.15) is 36.8 Å². The molecule has 2 unspecified atom stereocenters. The van der Waals surface area contributed by atoms with E-state index in [-0.39, 0.29) is 0 Å². The minimum absolute atomic E-state index is 0.443. The quantitative estimate of drug-likeness (QED) is 0.809. The summed E-state index contributed by atoms with van der Waals surface area (Å²) in [5, 5.41) is 5.87. The zero-order chi connectivity index (χ0) is 12.8. The van der Waals surface area contributed by atoms with Gasteiger partial charge in [-0.2, -0.15) is 0 Å². The van der Waals surface area contributed by atoms with Gasteiger partial charge in [-0.15, -0.1) is 11.3 Å². The van der Waals surface area contributed by atoms with E-state index < -0.39 is 0 Å². The van der Waals surface area contributed by atoms with Gasteiger partial charge in [0.05, 0.1) is 0 Å². The first kappa shape index (κ1) is 13.3. The topological polar surface area (TPSA) is 12.0 Å². The van der Waals surface area contributed by atoms with Gasteiger partial charge in [-0.05, 0) is 36.8 Å². The average Bonchev–Trinajstić information content (AvgIpc) is 2.93. The second-order valence-corrected chi connectivity index (χ2v) is 5.68. The number of thiophene rings is 1. The monoisotopic (exact) mass is 259 g/mol. The molecule has 0 saturated heterocycles. The first-order valence-electron chi connectivity index (χ1n) is 6.63. The van der Waals surface area contributed by atoms with Crippen molar-refractivity contribution < 1.29 is 0 Å². The predicted octanol–water partition coefficient (Wildman–Crippen LogP) is 4.42. The van der Waals surface area contributed by atoms with Gasteiger partial charge in [0.25, 0.3) is 0 Å². The Labute approximate surface area is 114 Å². The van der Waals surface area contributed by atoms with Crippen molar-refractivity contribution in [3.05, 3.63) is 58.3 Å². The van der Waals surface area contributed by atoms with Gasteiger partial charge in [-0.3, -0.25) is 0 Å². The van der Waals surface area contributed by atoms with E-state index in [0.717, 1.165) is 12.8 Å². The van der Waals surface area contributed by atoms with Crippen molar-refractivity contribution in [2.45, 2.75) is 38.8 Å². The van der Waals surface area contributed by atoms with Crippen LogP contribution in [0.25, 0.3) is 0 Å². The smallest absolute Gasteiger partial charge is 0.0388 e. The number of hydrogen-bond donors (Lipinski definition) is 1. The molecule has 1 nitrogen and oxygen atoms in total. The van der Waals surface area contributed by atoms with Gasteiger partial charge in [0.1, 0.15) is 0 Å². The lowest BCUT2D eigenvalue weighted by molar-refractivity contribution is 0.444. The highest BCUT2D eigenvalue weighted by molar-refractivity contribution is 7.10. The van der Waals surface area contributed by atoms with Crippen LogP contribution in [0.5, 0.6) is 0 Å². The van der Waals surface area contributed by atoms with Gasteiger partial charge in [-0.25, -0.2) is 0 Å². The van der Waals surface area contributed by atoms with Crippen molar-refractivity contribution >= 4 is 11.3 Å². The first-order valence-corrected chi connectivity index (χ1v) is 7.51. The average molecular weight is 259 g/mol. The van der Waals surface area contributed by atoms with E-state index in [9.17, 15) is 0 Å². The van der Waals surface area contributed by atoms with Gasteiger partial charge >= 0.3 is 0 Å². The molecule has 0 amide bonds. The fourth-order valence-electron chi connectivity index (χ4n) is 2.19. The molecule has 1 N–H and O–H groups in total. The summed E-state index contributed by atoms with van der Waals surface area (Å²) in [6.45, 7) is 4.50. The largest absolute Gasteiger partial charge is 0.306 e. The van der Waals surface area contributed by atoms with Crippen LogP contribution < -0.4 is 5.32 Å². The fraction of sp³-hybridized carbons (Fsp3) is 0.375. The Bertz CT molecular complexity index is 435. The van der Waals surface area contributed by atoms with Crippen molar-refractivity contribution in [3.63, 3.8) is 0 Å². The van der Waals surface area contributed by atoms with E-state index in [1.54, 1.807) is 0 Å². The second-order valence-electron chi connectivity index (χ2n) is 4.70. The lowest BCUT2D eigenvalue weighted by atomic mass is 10.0. The van der Waals surface area contributed by atoms with Gasteiger partial charge < -0.3 is 5.32 Å². The second kappa shape index (κ2) is 6.72. The van der Waals surface area contributed by atoms with Crippen molar-refractivity contribution in [2.75, 3.05) is 0 Å². The highest BCUT2D eigenvalue weighted by Gasteiger charge is 2.12. The van der Waals surface area contributed by atoms with E-state index >= 15 is 0 Å². The van der Waals surface area contributed by atoms with Gasteiger partial charge in [0.2, 0.25) is 0 Å². The van der Waals surface area contributed by atoms with Crippen LogP contribution >= 0.6 is 11.3 Å². The van der Waals surface area contributed by atoms with Crippen LogP contribution in [-0.2, 0) is 6.42 Å². The predicted molar refractivity (Wildman–Crippen MR) is 80.1 cm³/mol. The van der Waals surface area contributed by atoms with Crippen LogP contribution in [0.15, 0.2) is 47.8 Å². The van der Waals surface area contributed by atoms with Crippen LogP contribution in [0.4, 0.5) is 0 Å². The molecule has 0 aliphatic carbocycles. The molecule has 0 radical (unpaired) electrons. The number of benzene rings is 1. The van der Waals surface area contributed by atoms with E-state index in [1.165, 1.54) is 10.4 Å². The normalized spacial score (nSPS) is 14.3. The third-order valence-corrected chi connectivity index (χ3v) is 4.33. The molecule has 2 atom stereocenters. The summed E-state index contributed by atoms with van der Waals surface area (Å²) in [5.41, 5.74) is 1.41. The summed E-state index contributed by atoms with van der Waals surface area (Å²) >= 11 is 1.83. The number of hydrogen-bond acceptors (Lipinski definition) is 2. The van der Waals surface area contributed by atoms with Gasteiger partial charge in [0, 0.05) is 17.0 Å². The maximum Gasteiger partial charge on any atom is 0.0388 e. The van der Waals surface area contributed by atoms with E-state index in [2.05, 4.69) is 67.0 Å². The molecule has 2 rings (SSSR count). The maximum absolute atomic E-state index is 3.73. The van der Waals surface area contributed by atoms with Gasteiger partial charge in [-0.1, -0.05) is 43.3 Å². The first-order chi connectivity index (χ1) is 8.79. The summed E-state index contributed by atoms with van der Waals surface area (Å²) in [6, 6.07) is 16.0. The molecular weight excluding hydrogens is 238 g/mol. The van der Waals surface area contributed by atoms with Crippen molar-refractivity contribution in [1.82, 2.24) is 5.32 Å². The zero-order valence-corrected chi connectivity index (χ0v) is 11.9. The fourth-order valence-corrected chi connectivity index (χ4v) is 2.94. The standard InChI is InChI=1S/C16H21NS/c1-3-15(12-14-8-5-4-6-9-14)17-13(2)16-10-7-11-18-16/h4-11,13,15,17H,3,12H2,1-2H3. The Morgan fingerprint density at radius 1 is 1.11 bits per heavy atom. The molecule has 18 heavy (non-hydrogen) atoms. The molecule has 2 heteroatoms. The summed E-state index contributed by atoms with van der Waals surface area (Å²) < 4.78 is 0. The van der Waals surface area contributed by atoms with E-state index in [1.807, 2.05) is 11.3 Å². The maximum atomic E-state index is 3.73. The summed E-state index contributed by atoms with van der Waals surface area (Å²) in [5.74, 6) is 0. The summed E-state index contributed by atoms with van der Waals surface area (Å²) in [7, 11) is 0. The SMILES string of the molecule is CCC(Cc1ccccc1)NC(C)c1cccs1. The molecule has 0 bridgehead atoms. The molecule has 1 aromatic heterocycles. The molecule has 0 aliphatic heterocycles. The number of nitrogens with one attached hydrogen (secondary N) is 1. The molecule has 96 valence electrons. The Balaban J connectivity index is 1.93. The highest BCUT2D eigenvalue weighted by atomic mass is 32.1. The Morgan fingerprint density at radius 3 is 2.50 bits per heavy atom. The van der Waals surface area contributed by atoms with Crippen LogP contribution in [-0.4, -0.2) is 6.04 Å². The molecule has 0 fully saturated rings. The Kier molecular flexibility index (Phi) is 4.97. The summed E-state index contributed by atoms with van der Waals surface area (Å²) in [4.78, 5) is 1.42. The third kappa shape index (κ3) is 3.69. The molecule has 2 aromatic rings.